The van der Waals surface area contributed by atoms with E-state index in [9.17, 15) is 4.39 Å². The van der Waals surface area contributed by atoms with Crippen molar-refractivity contribution in [1.29, 1.82) is 0 Å². The van der Waals surface area contributed by atoms with E-state index in [1.54, 1.807) is 0 Å². The summed E-state index contributed by atoms with van der Waals surface area (Å²) in [6.45, 7) is 4.04. The third-order valence-corrected chi connectivity index (χ3v) is 1.44. The summed E-state index contributed by atoms with van der Waals surface area (Å²) in [4.78, 5) is 4.07. The number of aliphatic imine (C=N–C) groups is 1. The third-order valence-electron chi connectivity index (χ3n) is 1.44. The zero-order chi connectivity index (χ0) is 8.27. The molecule has 0 aromatic carbocycles. The van der Waals surface area contributed by atoms with Gasteiger partial charge in [0.1, 0.15) is 12.0 Å². The summed E-state index contributed by atoms with van der Waals surface area (Å²) in [7, 11) is 0. The maximum Gasteiger partial charge on any atom is 0.106 e. The van der Waals surface area contributed by atoms with E-state index in [1.807, 2.05) is 13.8 Å². The minimum absolute atomic E-state index is 0.0694. The average molecular weight is 156 g/mol. The van der Waals surface area contributed by atoms with Crippen LogP contribution in [0.4, 0.5) is 4.39 Å². The maximum absolute atomic E-state index is 12.6. The first-order valence-electron chi connectivity index (χ1n) is 3.82. The summed E-state index contributed by atoms with van der Waals surface area (Å²) < 4.78 is 12.6. The molecule has 0 aromatic heterocycles. The molecule has 11 heavy (non-hydrogen) atoms. The predicted molar refractivity (Wildman–Crippen MR) is 44.4 cm³/mol. The smallest absolute Gasteiger partial charge is 0.106 e. The molecule has 1 heterocycles. The standard InChI is InChI=1S/C8H13FN2/c1-6(2)11-8-5-7(9)3-4-10-8/h3-4,6,8,11H,5H2,1-2H3. The molecule has 1 unspecified atom stereocenters. The highest BCUT2D eigenvalue weighted by Gasteiger charge is 2.11. The Labute approximate surface area is 66.2 Å². The fourth-order valence-corrected chi connectivity index (χ4v) is 1.02. The lowest BCUT2D eigenvalue weighted by atomic mass is 10.2. The molecule has 0 amide bonds. The third kappa shape index (κ3) is 2.80. The van der Waals surface area contributed by atoms with Crippen molar-refractivity contribution in [3.63, 3.8) is 0 Å². The number of rotatable bonds is 2. The molecule has 1 aliphatic rings. The lowest BCUT2D eigenvalue weighted by Gasteiger charge is -2.17. The molecule has 0 spiro atoms. The Morgan fingerprint density at radius 3 is 3.00 bits per heavy atom. The van der Waals surface area contributed by atoms with Gasteiger partial charge in [0.2, 0.25) is 0 Å². The fourth-order valence-electron chi connectivity index (χ4n) is 1.02. The topological polar surface area (TPSA) is 24.4 Å². The highest BCUT2D eigenvalue weighted by atomic mass is 19.1. The van der Waals surface area contributed by atoms with Gasteiger partial charge in [-0.15, -0.1) is 0 Å². The van der Waals surface area contributed by atoms with Gasteiger partial charge in [-0.2, -0.15) is 0 Å². The van der Waals surface area contributed by atoms with Crippen molar-refractivity contribution >= 4 is 6.21 Å². The van der Waals surface area contributed by atoms with E-state index < -0.39 is 0 Å². The first-order chi connectivity index (χ1) is 5.18. The zero-order valence-electron chi connectivity index (χ0n) is 6.84. The molecular weight excluding hydrogens is 143 g/mol. The second-order valence-corrected chi connectivity index (χ2v) is 2.95. The Morgan fingerprint density at radius 1 is 1.73 bits per heavy atom. The molecule has 1 N–H and O–H groups in total. The predicted octanol–water partition coefficient (Wildman–Crippen LogP) is 1.64. The van der Waals surface area contributed by atoms with Crippen LogP contribution < -0.4 is 5.32 Å². The van der Waals surface area contributed by atoms with Gasteiger partial charge in [-0.25, -0.2) is 4.39 Å². The summed E-state index contributed by atoms with van der Waals surface area (Å²) in [6.07, 6.45) is 3.23. The molecule has 1 rings (SSSR count). The molecule has 1 atom stereocenters. The minimum Gasteiger partial charge on any atom is -0.293 e. The van der Waals surface area contributed by atoms with Gasteiger partial charge in [0.15, 0.2) is 0 Å². The molecule has 62 valence electrons. The van der Waals surface area contributed by atoms with E-state index in [0.717, 1.165) is 0 Å². The Hall–Kier alpha value is -0.700. The van der Waals surface area contributed by atoms with Gasteiger partial charge in [-0.05, 0) is 19.9 Å². The van der Waals surface area contributed by atoms with E-state index in [2.05, 4.69) is 10.3 Å². The number of dihydropyridines is 1. The van der Waals surface area contributed by atoms with E-state index in [-0.39, 0.29) is 12.0 Å². The van der Waals surface area contributed by atoms with Crippen LogP contribution >= 0.6 is 0 Å². The van der Waals surface area contributed by atoms with Crippen molar-refractivity contribution in [2.75, 3.05) is 0 Å². The normalized spacial score (nSPS) is 24.0. The number of hydrogen-bond donors (Lipinski definition) is 1. The first-order valence-corrected chi connectivity index (χ1v) is 3.82. The zero-order valence-corrected chi connectivity index (χ0v) is 6.84. The quantitative estimate of drug-likeness (QED) is 0.645. The first kappa shape index (κ1) is 8.40. The summed E-state index contributed by atoms with van der Waals surface area (Å²) in [5.41, 5.74) is 0. The Balaban J connectivity index is 2.40. The fraction of sp³-hybridized carbons (Fsp3) is 0.625. The second-order valence-electron chi connectivity index (χ2n) is 2.95. The Bertz CT molecular complexity index is 185. The summed E-state index contributed by atoms with van der Waals surface area (Å²) >= 11 is 0. The van der Waals surface area contributed by atoms with Gasteiger partial charge >= 0.3 is 0 Å². The van der Waals surface area contributed by atoms with Crippen molar-refractivity contribution in [1.82, 2.24) is 5.32 Å². The molecule has 0 aliphatic carbocycles. The maximum atomic E-state index is 12.6. The highest BCUT2D eigenvalue weighted by Crippen LogP contribution is 2.11. The molecule has 1 aliphatic heterocycles. The number of hydrogen-bond acceptors (Lipinski definition) is 2. The van der Waals surface area contributed by atoms with Crippen LogP contribution in [0, 0.1) is 0 Å². The second kappa shape index (κ2) is 3.62. The monoisotopic (exact) mass is 156 g/mol. The van der Waals surface area contributed by atoms with Crippen LogP contribution in [-0.2, 0) is 0 Å². The van der Waals surface area contributed by atoms with Crippen LogP contribution in [0.25, 0.3) is 0 Å². The Kier molecular flexibility index (Phi) is 2.76. The van der Waals surface area contributed by atoms with Crippen LogP contribution in [-0.4, -0.2) is 18.4 Å². The van der Waals surface area contributed by atoms with Crippen molar-refractivity contribution in [2.45, 2.75) is 32.5 Å². The summed E-state index contributed by atoms with van der Waals surface area (Å²) in [5.74, 6) is -0.0989. The van der Waals surface area contributed by atoms with Crippen molar-refractivity contribution in [3.8, 4) is 0 Å². The van der Waals surface area contributed by atoms with Crippen LogP contribution in [0.15, 0.2) is 16.9 Å². The number of halogens is 1. The van der Waals surface area contributed by atoms with Crippen molar-refractivity contribution < 1.29 is 4.39 Å². The van der Waals surface area contributed by atoms with Crippen LogP contribution in [0.2, 0.25) is 0 Å². The van der Waals surface area contributed by atoms with Crippen molar-refractivity contribution in [3.05, 3.63) is 11.9 Å². The van der Waals surface area contributed by atoms with Gasteiger partial charge < -0.3 is 0 Å². The molecule has 0 saturated heterocycles. The van der Waals surface area contributed by atoms with Gasteiger partial charge in [-0.3, -0.25) is 10.3 Å². The number of nitrogens with zero attached hydrogens (tertiary/aromatic N) is 1. The molecule has 0 fully saturated rings. The van der Waals surface area contributed by atoms with Crippen LogP contribution in [0.1, 0.15) is 20.3 Å². The summed E-state index contributed by atoms with van der Waals surface area (Å²) in [6, 6.07) is 0.350. The van der Waals surface area contributed by atoms with E-state index >= 15 is 0 Å². The largest absolute Gasteiger partial charge is 0.293 e. The van der Waals surface area contributed by atoms with Crippen LogP contribution in [0.5, 0.6) is 0 Å². The SMILES string of the molecule is CC(C)NC1CC(F)=CC=N1. The van der Waals surface area contributed by atoms with Gasteiger partial charge in [0.25, 0.3) is 0 Å². The molecule has 0 radical (unpaired) electrons. The molecule has 0 bridgehead atoms. The average Bonchev–Trinajstić information content (AvgIpc) is 1.85. The molecule has 2 nitrogen and oxygen atoms in total. The minimum atomic E-state index is -0.0989. The highest BCUT2D eigenvalue weighted by molar-refractivity contribution is 5.72. The van der Waals surface area contributed by atoms with E-state index in [1.165, 1.54) is 12.3 Å². The molecule has 3 heteroatoms. The number of allylic oxidation sites excluding steroid dienone is 1. The summed E-state index contributed by atoms with van der Waals surface area (Å²) in [5, 5.41) is 3.13. The molecular formula is C8H13FN2. The van der Waals surface area contributed by atoms with Crippen LogP contribution in [0.3, 0.4) is 0 Å². The lowest BCUT2D eigenvalue weighted by Crippen LogP contribution is -2.34. The van der Waals surface area contributed by atoms with Gasteiger partial charge in [0, 0.05) is 18.7 Å². The molecule has 0 aromatic rings. The number of nitrogens with one attached hydrogen (secondary N) is 1. The van der Waals surface area contributed by atoms with Crippen molar-refractivity contribution in [2.24, 2.45) is 4.99 Å². The van der Waals surface area contributed by atoms with E-state index in [4.69, 9.17) is 0 Å². The van der Waals surface area contributed by atoms with Gasteiger partial charge in [-0.1, -0.05) is 0 Å². The Morgan fingerprint density at radius 2 is 2.45 bits per heavy atom. The van der Waals surface area contributed by atoms with Gasteiger partial charge in [0.05, 0.1) is 0 Å². The van der Waals surface area contributed by atoms with E-state index in [0.29, 0.717) is 12.5 Å². The molecule has 0 saturated carbocycles. The lowest BCUT2D eigenvalue weighted by molar-refractivity contribution is 0.435.